The van der Waals surface area contributed by atoms with Crippen LogP contribution in [0.3, 0.4) is 0 Å². The Morgan fingerprint density at radius 3 is 2.38 bits per heavy atom. The Balaban J connectivity index is 3.01. The lowest BCUT2D eigenvalue weighted by atomic mass is 9.88. The summed E-state index contributed by atoms with van der Waals surface area (Å²) in [7, 11) is 0. The maximum atomic E-state index is 11.2. The predicted molar refractivity (Wildman–Crippen MR) is 74.3 cm³/mol. The van der Waals surface area contributed by atoms with E-state index in [0.717, 1.165) is 13.8 Å². The molecule has 138 valence electrons. The third-order valence-corrected chi connectivity index (χ3v) is 3.48. The number of esters is 1. The average Bonchev–Trinajstić information content (AvgIpc) is 2.46. The monoisotopic (exact) mass is 351 g/mol. The van der Waals surface area contributed by atoms with Crippen molar-refractivity contribution in [2.24, 2.45) is 0 Å². The summed E-state index contributed by atoms with van der Waals surface area (Å²) < 4.78 is 9.46. The number of amides is 1. The zero-order chi connectivity index (χ0) is 18.7. The van der Waals surface area contributed by atoms with E-state index < -0.39 is 67.1 Å². The minimum Gasteiger partial charge on any atom is -0.477 e. The Morgan fingerprint density at radius 2 is 1.92 bits per heavy atom. The van der Waals surface area contributed by atoms with Crippen molar-refractivity contribution in [1.82, 2.24) is 5.32 Å². The van der Waals surface area contributed by atoms with Crippen molar-refractivity contribution in [3.63, 3.8) is 0 Å². The van der Waals surface area contributed by atoms with Crippen LogP contribution in [0.15, 0.2) is 0 Å². The number of aliphatic hydroxyl groups excluding tert-OH is 3. The van der Waals surface area contributed by atoms with E-state index in [1.54, 1.807) is 0 Å². The van der Waals surface area contributed by atoms with Gasteiger partial charge in [-0.15, -0.1) is 0 Å². The number of nitrogens with one attached hydrogen (secondary N) is 1. The maximum Gasteiger partial charge on any atom is 0.364 e. The first kappa shape index (κ1) is 20.3. The molecule has 1 saturated heterocycles. The number of hydrogen-bond acceptors (Lipinski definition) is 9. The molecule has 1 fully saturated rings. The van der Waals surface area contributed by atoms with Gasteiger partial charge < -0.3 is 40.3 Å². The normalized spacial score (nSPS) is 32.5. The summed E-state index contributed by atoms with van der Waals surface area (Å²) in [4.78, 5) is 33.1. The Bertz CT molecular complexity index is 497. The van der Waals surface area contributed by atoms with Crippen LogP contribution in [-0.4, -0.2) is 86.2 Å². The quantitative estimate of drug-likeness (QED) is 0.265. The van der Waals surface area contributed by atoms with Crippen LogP contribution in [0.2, 0.25) is 0 Å². The van der Waals surface area contributed by atoms with Crippen molar-refractivity contribution in [3.05, 3.63) is 0 Å². The predicted octanol–water partition coefficient (Wildman–Crippen LogP) is -3.30. The van der Waals surface area contributed by atoms with Crippen molar-refractivity contribution >= 4 is 17.8 Å². The molecule has 0 saturated carbocycles. The van der Waals surface area contributed by atoms with Crippen LogP contribution in [0, 0.1) is 0 Å². The Kier molecular flexibility index (Phi) is 6.63. The number of carboxylic acids is 1. The van der Waals surface area contributed by atoms with Crippen molar-refractivity contribution in [1.29, 1.82) is 0 Å². The first-order valence-corrected chi connectivity index (χ1v) is 7.06. The van der Waals surface area contributed by atoms with E-state index in [1.807, 2.05) is 0 Å². The molecule has 0 spiro atoms. The number of ether oxygens (including phenoxy) is 2. The van der Waals surface area contributed by atoms with Gasteiger partial charge in [-0.3, -0.25) is 9.59 Å². The fourth-order valence-corrected chi connectivity index (χ4v) is 2.33. The Labute approximate surface area is 136 Å². The summed E-state index contributed by atoms with van der Waals surface area (Å²) in [6.45, 7) is 1.55. The fraction of sp³-hybridized carbons (Fsp3) is 0.769. The summed E-state index contributed by atoms with van der Waals surface area (Å²) in [6.07, 6.45) is -7.61. The molecule has 0 bridgehead atoms. The van der Waals surface area contributed by atoms with Crippen LogP contribution >= 0.6 is 0 Å². The molecule has 6 N–H and O–H groups in total. The van der Waals surface area contributed by atoms with Gasteiger partial charge in [-0.25, -0.2) is 4.79 Å². The number of hydrogen-bond donors (Lipinski definition) is 6. The van der Waals surface area contributed by atoms with E-state index in [9.17, 15) is 34.8 Å². The van der Waals surface area contributed by atoms with Crippen LogP contribution in [-0.2, 0) is 23.9 Å². The van der Waals surface area contributed by atoms with Gasteiger partial charge in [0.1, 0.15) is 24.9 Å². The highest BCUT2D eigenvalue weighted by molar-refractivity contribution is 5.76. The molecule has 6 atom stereocenters. The molecule has 0 aliphatic carbocycles. The van der Waals surface area contributed by atoms with Gasteiger partial charge in [0, 0.05) is 20.3 Å². The maximum absolute atomic E-state index is 11.2. The van der Waals surface area contributed by atoms with Gasteiger partial charge in [0.15, 0.2) is 0 Å². The zero-order valence-corrected chi connectivity index (χ0v) is 13.1. The number of carboxylic acid groups (broad SMARTS) is 1. The van der Waals surface area contributed by atoms with E-state index in [2.05, 4.69) is 10.1 Å². The van der Waals surface area contributed by atoms with Crippen LogP contribution in [0.5, 0.6) is 0 Å². The minimum atomic E-state index is -2.82. The molecule has 1 aliphatic rings. The molecule has 11 heteroatoms. The molecule has 0 aromatic rings. The SMILES string of the molecule is CC(=O)N[C@@H]1C(O)CC(O)(C(=O)O)O[C@H]1[C@H](O)[C@H](O)COC(C)=O. The summed E-state index contributed by atoms with van der Waals surface area (Å²) in [5.74, 6) is -5.97. The molecule has 11 nitrogen and oxygen atoms in total. The van der Waals surface area contributed by atoms with Gasteiger partial charge in [-0.1, -0.05) is 0 Å². The molecule has 1 aliphatic heterocycles. The number of aliphatic hydroxyl groups is 4. The second kappa shape index (κ2) is 7.85. The number of carbonyl (C=O) groups is 3. The molecule has 1 heterocycles. The fourth-order valence-electron chi connectivity index (χ4n) is 2.33. The van der Waals surface area contributed by atoms with Gasteiger partial charge in [0.2, 0.25) is 5.91 Å². The highest BCUT2D eigenvalue weighted by Gasteiger charge is 2.53. The van der Waals surface area contributed by atoms with E-state index >= 15 is 0 Å². The number of rotatable bonds is 6. The van der Waals surface area contributed by atoms with Crippen molar-refractivity contribution in [3.8, 4) is 0 Å². The largest absolute Gasteiger partial charge is 0.477 e. The Hall–Kier alpha value is -1.79. The first-order valence-electron chi connectivity index (χ1n) is 7.06. The highest BCUT2D eigenvalue weighted by atomic mass is 16.7. The van der Waals surface area contributed by atoms with Gasteiger partial charge >= 0.3 is 11.9 Å². The lowest BCUT2D eigenvalue weighted by Crippen LogP contribution is -2.67. The third kappa shape index (κ3) is 4.85. The van der Waals surface area contributed by atoms with E-state index in [0.29, 0.717) is 0 Å². The van der Waals surface area contributed by atoms with Crippen LogP contribution in [0.25, 0.3) is 0 Å². The summed E-state index contributed by atoms with van der Waals surface area (Å²) in [5, 5.41) is 51.2. The summed E-state index contributed by atoms with van der Waals surface area (Å²) >= 11 is 0. The smallest absolute Gasteiger partial charge is 0.364 e. The molecule has 0 aromatic carbocycles. The summed E-state index contributed by atoms with van der Waals surface area (Å²) in [5.41, 5.74) is 0. The molecule has 0 aromatic heterocycles. The minimum absolute atomic E-state index is 0.616. The van der Waals surface area contributed by atoms with E-state index in [4.69, 9.17) is 9.84 Å². The Morgan fingerprint density at radius 1 is 1.33 bits per heavy atom. The van der Waals surface area contributed by atoms with Gasteiger partial charge in [-0.05, 0) is 0 Å². The van der Waals surface area contributed by atoms with Gasteiger partial charge in [0.05, 0.1) is 12.1 Å². The van der Waals surface area contributed by atoms with Gasteiger partial charge in [0.25, 0.3) is 5.79 Å². The molecular weight excluding hydrogens is 330 g/mol. The average molecular weight is 351 g/mol. The van der Waals surface area contributed by atoms with Crippen LogP contribution in [0.4, 0.5) is 0 Å². The van der Waals surface area contributed by atoms with Crippen molar-refractivity contribution < 1.29 is 49.4 Å². The zero-order valence-electron chi connectivity index (χ0n) is 13.1. The number of aliphatic carboxylic acids is 1. The standard InChI is InChI=1S/C13H21NO10/c1-5(15)14-9-7(17)3-13(22,12(20)21)24-11(9)10(19)8(18)4-23-6(2)16/h7-11,17-19,22H,3-4H2,1-2H3,(H,14,15)(H,20,21)/t7?,8-,9-,10-,11-,13?/m1/s1. The summed E-state index contributed by atoms with van der Waals surface area (Å²) in [6, 6.07) is -1.30. The van der Waals surface area contributed by atoms with Crippen LogP contribution < -0.4 is 5.32 Å². The lowest BCUT2D eigenvalue weighted by molar-refractivity contribution is -0.295. The van der Waals surface area contributed by atoms with Crippen LogP contribution in [0.1, 0.15) is 20.3 Å². The first-order chi connectivity index (χ1) is 11.0. The third-order valence-electron chi connectivity index (χ3n) is 3.48. The lowest BCUT2D eigenvalue weighted by Gasteiger charge is -2.44. The van der Waals surface area contributed by atoms with Crippen molar-refractivity contribution in [2.45, 2.75) is 56.5 Å². The topological polar surface area (TPSA) is 183 Å². The molecular formula is C13H21NO10. The molecule has 24 heavy (non-hydrogen) atoms. The molecule has 1 rings (SSSR count). The second-order valence-corrected chi connectivity index (χ2v) is 5.53. The van der Waals surface area contributed by atoms with E-state index in [-0.39, 0.29) is 0 Å². The second-order valence-electron chi connectivity index (χ2n) is 5.53. The van der Waals surface area contributed by atoms with Gasteiger partial charge in [-0.2, -0.15) is 0 Å². The molecule has 2 unspecified atom stereocenters. The molecule has 0 radical (unpaired) electrons. The number of carbonyl (C=O) groups excluding carboxylic acids is 2. The van der Waals surface area contributed by atoms with Crippen molar-refractivity contribution in [2.75, 3.05) is 6.61 Å². The molecule has 1 amide bonds. The highest BCUT2D eigenvalue weighted by Crippen LogP contribution is 2.30. The van der Waals surface area contributed by atoms with E-state index in [1.165, 1.54) is 0 Å².